The summed E-state index contributed by atoms with van der Waals surface area (Å²) < 4.78 is 0. The fourth-order valence-corrected chi connectivity index (χ4v) is 0.814. The van der Waals surface area contributed by atoms with E-state index in [4.69, 9.17) is 0 Å². The number of anilines is 1. The molecule has 0 saturated carbocycles. The molecule has 0 radical (unpaired) electrons. The van der Waals surface area contributed by atoms with E-state index in [1.54, 1.807) is 0 Å². The third-order valence-corrected chi connectivity index (χ3v) is 1.27. The second-order valence-corrected chi connectivity index (χ2v) is 2.25. The first-order valence-electron chi connectivity index (χ1n) is 3.49. The van der Waals surface area contributed by atoms with Gasteiger partial charge in [0.15, 0.2) is 0 Å². The van der Waals surface area contributed by atoms with Gasteiger partial charge in [0.2, 0.25) is 0 Å². The van der Waals surface area contributed by atoms with E-state index < -0.39 is 0 Å². The normalized spacial score (nSPS) is 8.55. The Hall–Kier alpha value is -0.760. The van der Waals surface area contributed by atoms with E-state index >= 15 is 0 Å². The average molecular weight is 173 g/mol. The molecule has 3 heteroatoms. The number of nitrogens with zero attached hydrogens (tertiary/aromatic N) is 1. The summed E-state index contributed by atoms with van der Waals surface area (Å²) in [6.07, 6.45) is 1.81. The minimum atomic E-state index is 0. The van der Waals surface area contributed by atoms with Crippen molar-refractivity contribution < 1.29 is 0 Å². The Morgan fingerprint density at radius 3 is 2.82 bits per heavy atom. The summed E-state index contributed by atoms with van der Waals surface area (Å²) in [6, 6.07) is 4.02. The molecule has 0 aliphatic rings. The van der Waals surface area contributed by atoms with Crippen LogP contribution in [-0.4, -0.2) is 11.5 Å². The van der Waals surface area contributed by atoms with Crippen LogP contribution in [0.1, 0.15) is 12.5 Å². The highest BCUT2D eigenvalue weighted by molar-refractivity contribution is 5.85. The van der Waals surface area contributed by atoms with Gasteiger partial charge < -0.3 is 5.32 Å². The monoisotopic (exact) mass is 172 g/mol. The molecule has 1 aromatic rings. The fraction of sp³-hybridized carbons (Fsp3) is 0.375. The third kappa shape index (κ3) is 3.23. The molecule has 0 spiro atoms. The van der Waals surface area contributed by atoms with E-state index in [-0.39, 0.29) is 12.4 Å². The lowest BCUT2D eigenvalue weighted by Gasteiger charge is -2.00. The Balaban J connectivity index is 0.000001000. The molecule has 1 heterocycles. The van der Waals surface area contributed by atoms with Gasteiger partial charge >= 0.3 is 0 Å². The molecule has 0 aliphatic heterocycles. The zero-order valence-corrected chi connectivity index (χ0v) is 7.61. The summed E-state index contributed by atoms with van der Waals surface area (Å²) in [5.41, 5.74) is 1.24. The molecule has 0 fully saturated rings. The van der Waals surface area contributed by atoms with Gasteiger partial charge in [0.25, 0.3) is 0 Å². The minimum Gasteiger partial charge on any atom is -0.370 e. The second-order valence-electron chi connectivity index (χ2n) is 2.25. The topological polar surface area (TPSA) is 24.9 Å². The lowest BCUT2D eigenvalue weighted by atomic mass is 10.3. The van der Waals surface area contributed by atoms with Crippen molar-refractivity contribution in [3.8, 4) is 0 Å². The Morgan fingerprint density at radius 2 is 2.27 bits per heavy atom. The smallest absolute Gasteiger partial charge is 0.126 e. The Morgan fingerprint density at radius 1 is 1.55 bits per heavy atom. The van der Waals surface area contributed by atoms with Crippen LogP contribution in [0, 0.1) is 6.92 Å². The molecule has 62 valence electrons. The van der Waals surface area contributed by atoms with Gasteiger partial charge in [-0.1, -0.05) is 0 Å². The third-order valence-electron chi connectivity index (χ3n) is 1.27. The van der Waals surface area contributed by atoms with Crippen molar-refractivity contribution in [2.45, 2.75) is 13.8 Å². The maximum absolute atomic E-state index is 4.12. The SMILES string of the molecule is CCNc1cc(C)ccn1.Cl. The van der Waals surface area contributed by atoms with Crippen LogP contribution in [0.2, 0.25) is 0 Å². The molecule has 0 aliphatic carbocycles. The van der Waals surface area contributed by atoms with Gasteiger partial charge in [0.1, 0.15) is 5.82 Å². The number of nitrogens with one attached hydrogen (secondary N) is 1. The molecule has 1 N–H and O–H groups in total. The lowest BCUT2D eigenvalue weighted by molar-refractivity contribution is 1.15. The predicted molar refractivity (Wildman–Crippen MR) is 50.4 cm³/mol. The summed E-state index contributed by atoms with van der Waals surface area (Å²) in [5, 5.41) is 3.14. The number of halogens is 1. The zero-order valence-electron chi connectivity index (χ0n) is 6.79. The maximum Gasteiger partial charge on any atom is 0.126 e. The van der Waals surface area contributed by atoms with Crippen LogP contribution >= 0.6 is 12.4 Å². The summed E-state index contributed by atoms with van der Waals surface area (Å²) in [6.45, 7) is 5.04. The molecular formula is C8H13ClN2. The first-order chi connectivity index (χ1) is 4.83. The molecule has 11 heavy (non-hydrogen) atoms. The van der Waals surface area contributed by atoms with Crippen LogP contribution in [0.3, 0.4) is 0 Å². The number of rotatable bonds is 2. The number of pyridine rings is 1. The summed E-state index contributed by atoms with van der Waals surface area (Å²) >= 11 is 0. The summed E-state index contributed by atoms with van der Waals surface area (Å²) in [5.74, 6) is 0.961. The van der Waals surface area contributed by atoms with E-state index in [0.717, 1.165) is 12.4 Å². The Kier molecular flexibility index (Phi) is 4.62. The van der Waals surface area contributed by atoms with Gasteiger partial charge in [-0.15, -0.1) is 12.4 Å². The van der Waals surface area contributed by atoms with E-state index in [0.29, 0.717) is 0 Å². The summed E-state index contributed by atoms with van der Waals surface area (Å²) in [4.78, 5) is 4.12. The largest absolute Gasteiger partial charge is 0.370 e. The maximum atomic E-state index is 4.12. The lowest BCUT2D eigenvalue weighted by Crippen LogP contribution is -1.98. The molecule has 0 amide bonds. The Bertz CT molecular complexity index is 213. The molecule has 1 aromatic heterocycles. The van der Waals surface area contributed by atoms with E-state index in [2.05, 4.69) is 24.1 Å². The van der Waals surface area contributed by atoms with Gasteiger partial charge in [-0.25, -0.2) is 4.98 Å². The molecular weight excluding hydrogens is 160 g/mol. The fourth-order valence-electron chi connectivity index (χ4n) is 0.814. The van der Waals surface area contributed by atoms with Crippen molar-refractivity contribution in [1.82, 2.24) is 4.98 Å². The van der Waals surface area contributed by atoms with Gasteiger partial charge in [0.05, 0.1) is 0 Å². The van der Waals surface area contributed by atoms with Gasteiger partial charge in [-0.2, -0.15) is 0 Å². The highest BCUT2D eigenvalue weighted by Crippen LogP contribution is 2.03. The molecule has 0 unspecified atom stereocenters. The van der Waals surface area contributed by atoms with Gasteiger partial charge in [-0.3, -0.25) is 0 Å². The van der Waals surface area contributed by atoms with E-state index in [1.165, 1.54) is 5.56 Å². The van der Waals surface area contributed by atoms with Crippen molar-refractivity contribution in [3.63, 3.8) is 0 Å². The van der Waals surface area contributed by atoms with Crippen LogP contribution in [-0.2, 0) is 0 Å². The second kappa shape index (κ2) is 4.97. The van der Waals surface area contributed by atoms with Crippen molar-refractivity contribution in [2.75, 3.05) is 11.9 Å². The van der Waals surface area contributed by atoms with Gasteiger partial charge in [0, 0.05) is 12.7 Å². The number of hydrogen-bond acceptors (Lipinski definition) is 2. The quantitative estimate of drug-likeness (QED) is 0.740. The number of aryl methyl sites for hydroxylation is 1. The minimum absolute atomic E-state index is 0. The first kappa shape index (κ1) is 10.2. The van der Waals surface area contributed by atoms with Crippen LogP contribution in [0.4, 0.5) is 5.82 Å². The first-order valence-corrected chi connectivity index (χ1v) is 3.49. The Labute approximate surface area is 73.4 Å². The highest BCUT2D eigenvalue weighted by atomic mass is 35.5. The van der Waals surface area contributed by atoms with Crippen molar-refractivity contribution in [1.29, 1.82) is 0 Å². The summed E-state index contributed by atoms with van der Waals surface area (Å²) in [7, 11) is 0. The molecule has 0 atom stereocenters. The predicted octanol–water partition coefficient (Wildman–Crippen LogP) is 2.24. The van der Waals surface area contributed by atoms with Crippen LogP contribution in [0.5, 0.6) is 0 Å². The molecule has 2 nitrogen and oxygen atoms in total. The van der Waals surface area contributed by atoms with E-state index in [9.17, 15) is 0 Å². The highest BCUT2D eigenvalue weighted by Gasteiger charge is 1.88. The number of hydrogen-bond donors (Lipinski definition) is 1. The standard InChI is InChI=1S/C8H12N2.ClH/c1-3-9-8-6-7(2)4-5-10-8;/h4-6H,3H2,1-2H3,(H,9,10);1H. The molecule has 1 rings (SSSR count). The van der Waals surface area contributed by atoms with Crippen molar-refractivity contribution in [3.05, 3.63) is 23.9 Å². The van der Waals surface area contributed by atoms with Crippen molar-refractivity contribution in [2.24, 2.45) is 0 Å². The van der Waals surface area contributed by atoms with Crippen LogP contribution < -0.4 is 5.32 Å². The average Bonchev–Trinajstić information content (AvgIpc) is 1.88. The van der Waals surface area contributed by atoms with E-state index in [1.807, 2.05) is 18.3 Å². The van der Waals surface area contributed by atoms with Crippen molar-refractivity contribution >= 4 is 18.2 Å². The molecule has 0 saturated heterocycles. The molecule has 0 aromatic carbocycles. The van der Waals surface area contributed by atoms with Crippen LogP contribution in [0.15, 0.2) is 18.3 Å². The zero-order chi connectivity index (χ0) is 7.40. The molecule has 0 bridgehead atoms. The van der Waals surface area contributed by atoms with Crippen LogP contribution in [0.25, 0.3) is 0 Å². The van der Waals surface area contributed by atoms with Gasteiger partial charge in [-0.05, 0) is 31.5 Å². The number of aromatic nitrogens is 1.